The lowest BCUT2D eigenvalue weighted by Gasteiger charge is -2.20. The normalized spacial score (nSPS) is 12.4. The quantitative estimate of drug-likeness (QED) is 0.576. The Morgan fingerprint density at radius 2 is 1.58 bits per heavy atom. The Morgan fingerprint density at radius 3 is 2.19 bits per heavy atom. The third-order valence-corrected chi connectivity index (χ3v) is 6.64. The van der Waals surface area contributed by atoms with Crippen molar-refractivity contribution in [3.8, 4) is 0 Å². The molecule has 3 aromatic carbocycles. The van der Waals surface area contributed by atoms with Gasteiger partial charge in [0, 0.05) is 5.69 Å². The molecule has 3 rings (SSSR count). The molecule has 31 heavy (non-hydrogen) atoms. The maximum Gasteiger partial charge on any atom is 0.242 e. The first kappa shape index (κ1) is 22.7. The Balaban J connectivity index is 1.93. The van der Waals surface area contributed by atoms with Crippen LogP contribution in [0.3, 0.4) is 0 Å². The SMILES string of the molecule is Cc1cc(C)c(S(=O)(=O)N[C@H](Cc2ccccc2)C(=O)Nc2cccc(F)c2)c(C)c1. The largest absolute Gasteiger partial charge is 0.325 e. The second-order valence-electron chi connectivity index (χ2n) is 7.59. The smallest absolute Gasteiger partial charge is 0.242 e. The predicted octanol–water partition coefficient (Wildman–Crippen LogP) is 4.28. The van der Waals surface area contributed by atoms with E-state index < -0.39 is 27.8 Å². The van der Waals surface area contributed by atoms with E-state index in [1.807, 2.05) is 37.3 Å². The van der Waals surface area contributed by atoms with Gasteiger partial charge in [0.2, 0.25) is 15.9 Å². The number of benzene rings is 3. The summed E-state index contributed by atoms with van der Waals surface area (Å²) in [6, 6.07) is 17.1. The van der Waals surface area contributed by atoms with E-state index in [1.54, 1.807) is 32.0 Å². The molecule has 0 radical (unpaired) electrons. The monoisotopic (exact) mass is 440 g/mol. The van der Waals surface area contributed by atoms with Crippen LogP contribution in [0.25, 0.3) is 0 Å². The molecule has 0 spiro atoms. The van der Waals surface area contributed by atoms with E-state index >= 15 is 0 Å². The van der Waals surface area contributed by atoms with Crippen LogP contribution in [0.5, 0.6) is 0 Å². The fourth-order valence-corrected chi connectivity index (χ4v) is 5.32. The van der Waals surface area contributed by atoms with Gasteiger partial charge in [-0.3, -0.25) is 4.79 Å². The van der Waals surface area contributed by atoms with Crippen LogP contribution in [0.15, 0.2) is 71.6 Å². The van der Waals surface area contributed by atoms with Gasteiger partial charge in [0.05, 0.1) is 4.90 Å². The summed E-state index contributed by atoms with van der Waals surface area (Å²) < 4.78 is 42.6. The van der Waals surface area contributed by atoms with Gasteiger partial charge in [-0.1, -0.05) is 54.1 Å². The number of rotatable bonds is 7. The summed E-state index contributed by atoms with van der Waals surface area (Å²) in [4.78, 5) is 13.2. The number of aryl methyl sites for hydroxylation is 3. The molecular formula is C24H25FN2O3S. The Bertz CT molecular complexity index is 1170. The minimum absolute atomic E-state index is 0.144. The van der Waals surface area contributed by atoms with Gasteiger partial charge in [-0.2, -0.15) is 4.72 Å². The average molecular weight is 441 g/mol. The van der Waals surface area contributed by atoms with E-state index in [0.29, 0.717) is 11.1 Å². The zero-order valence-corrected chi connectivity index (χ0v) is 18.5. The van der Waals surface area contributed by atoms with Gasteiger partial charge < -0.3 is 5.32 Å². The minimum Gasteiger partial charge on any atom is -0.325 e. The number of anilines is 1. The second kappa shape index (κ2) is 9.41. The zero-order chi connectivity index (χ0) is 22.6. The first-order valence-electron chi connectivity index (χ1n) is 9.86. The van der Waals surface area contributed by atoms with Crippen molar-refractivity contribution in [1.82, 2.24) is 4.72 Å². The summed E-state index contributed by atoms with van der Waals surface area (Å²) in [5.41, 5.74) is 3.22. The van der Waals surface area contributed by atoms with Crippen LogP contribution in [-0.2, 0) is 21.2 Å². The molecule has 0 aliphatic heterocycles. The third kappa shape index (κ3) is 5.77. The number of carbonyl (C=O) groups excluding carboxylic acids is 1. The van der Waals surface area contributed by atoms with E-state index in [-0.39, 0.29) is 17.0 Å². The third-order valence-electron chi connectivity index (χ3n) is 4.86. The lowest BCUT2D eigenvalue weighted by Crippen LogP contribution is -2.45. The summed E-state index contributed by atoms with van der Waals surface area (Å²) in [6.07, 6.45) is 0.144. The van der Waals surface area contributed by atoms with Gasteiger partial charge >= 0.3 is 0 Å². The molecule has 3 aromatic rings. The van der Waals surface area contributed by atoms with Gasteiger partial charge in [-0.05, 0) is 62.1 Å². The zero-order valence-electron chi connectivity index (χ0n) is 17.6. The number of carbonyl (C=O) groups is 1. The molecule has 7 heteroatoms. The first-order valence-corrected chi connectivity index (χ1v) is 11.3. The second-order valence-corrected chi connectivity index (χ2v) is 9.24. The van der Waals surface area contributed by atoms with E-state index in [2.05, 4.69) is 10.0 Å². The Hall–Kier alpha value is -3.03. The molecular weight excluding hydrogens is 415 g/mol. The van der Waals surface area contributed by atoms with Gasteiger partial charge in [0.25, 0.3) is 0 Å². The maximum atomic E-state index is 13.5. The van der Waals surface area contributed by atoms with Crippen molar-refractivity contribution in [3.05, 3.63) is 94.8 Å². The number of amides is 1. The van der Waals surface area contributed by atoms with E-state index in [9.17, 15) is 17.6 Å². The summed E-state index contributed by atoms with van der Waals surface area (Å²) in [5.74, 6) is -1.07. The maximum absolute atomic E-state index is 13.5. The highest BCUT2D eigenvalue weighted by Crippen LogP contribution is 2.22. The molecule has 5 nitrogen and oxygen atoms in total. The molecule has 1 amide bonds. The Morgan fingerprint density at radius 1 is 0.935 bits per heavy atom. The molecule has 0 unspecified atom stereocenters. The summed E-state index contributed by atoms with van der Waals surface area (Å²) in [5, 5.41) is 2.61. The summed E-state index contributed by atoms with van der Waals surface area (Å²) in [6.45, 7) is 5.36. The standard InChI is InChI=1S/C24H25FN2O3S/c1-16-12-17(2)23(18(3)13-16)31(29,30)27-22(14-19-8-5-4-6-9-19)24(28)26-21-11-7-10-20(25)15-21/h4-13,15,22,27H,14H2,1-3H3,(H,26,28)/t22-/m1/s1. The van der Waals surface area contributed by atoms with Gasteiger partial charge in [0.1, 0.15) is 11.9 Å². The van der Waals surface area contributed by atoms with Crippen LogP contribution >= 0.6 is 0 Å². The van der Waals surface area contributed by atoms with Gasteiger partial charge in [0.15, 0.2) is 0 Å². The molecule has 0 fully saturated rings. The molecule has 0 heterocycles. The number of hydrogen-bond acceptors (Lipinski definition) is 3. The summed E-state index contributed by atoms with van der Waals surface area (Å²) in [7, 11) is -3.99. The molecule has 0 bridgehead atoms. The van der Waals surface area contributed by atoms with Crippen molar-refractivity contribution < 1.29 is 17.6 Å². The van der Waals surface area contributed by atoms with Crippen molar-refractivity contribution >= 4 is 21.6 Å². The van der Waals surface area contributed by atoms with E-state index in [1.165, 1.54) is 18.2 Å². The molecule has 2 N–H and O–H groups in total. The number of sulfonamides is 1. The van der Waals surface area contributed by atoms with Crippen molar-refractivity contribution in [2.24, 2.45) is 0 Å². The molecule has 0 saturated heterocycles. The average Bonchev–Trinajstić information content (AvgIpc) is 2.67. The molecule has 0 saturated carbocycles. The van der Waals surface area contributed by atoms with Crippen molar-refractivity contribution in [2.75, 3.05) is 5.32 Å². The van der Waals surface area contributed by atoms with Crippen LogP contribution in [0, 0.1) is 26.6 Å². The van der Waals surface area contributed by atoms with Crippen LogP contribution < -0.4 is 10.0 Å². The minimum atomic E-state index is -3.99. The lowest BCUT2D eigenvalue weighted by atomic mass is 10.1. The fraction of sp³-hybridized carbons (Fsp3) is 0.208. The number of hydrogen-bond donors (Lipinski definition) is 2. The van der Waals surface area contributed by atoms with Crippen molar-refractivity contribution in [2.45, 2.75) is 38.1 Å². The highest BCUT2D eigenvalue weighted by molar-refractivity contribution is 7.89. The molecule has 0 aliphatic rings. The van der Waals surface area contributed by atoms with Crippen LogP contribution in [0.2, 0.25) is 0 Å². The molecule has 0 aromatic heterocycles. The Labute approximate surface area is 182 Å². The topological polar surface area (TPSA) is 75.3 Å². The fourth-order valence-electron chi connectivity index (χ4n) is 3.67. The van der Waals surface area contributed by atoms with Crippen molar-refractivity contribution in [3.63, 3.8) is 0 Å². The van der Waals surface area contributed by atoms with E-state index in [4.69, 9.17) is 0 Å². The highest BCUT2D eigenvalue weighted by Gasteiger charge is 2.28. The van der Waals surface area contributed by atoms with Crippen LogP contribution in [-0.4, -0.2) is 20.4 Å². The van der Waals surface area contributed by atoms with E-state index in [0.717, 1.165) is 11.1 Å². The first-order chi connectivity index (χ1) is 14.7. The number of nitrogens with one attached hydrogen (secondary N) is 2. The Kier molecular flexibility index (Phi) is 6.87. The van der Waals surface area contributed by atoms with Crippen molar-refractivity contribution in [1.29, 1.82) is 0 Å². The lowest BCUT2D eigenvalue weighted by molar-refractivity contribution is -0.117. The molecule has 0 aliphatic carbocycles. The molecule has 1 atom stereocenters. The number of halogens is 1. The van der Waals surface area contributed by atoms with Gasteiger partial charge in [-0.25, -0.2) is 12.8 Å². The summed E-state index contributed by atoms with van der Waals surface area (Å²) >= 11 is 0. The predicted molar refractivity (Wildman–Crippen MR) is 120 cm³/mol. The van der Waals surface area contributed by atoms with Gasteiger partial charge in [-0.15, -0.1) is 0 Å². The van der Waals surface area contributed by atoms with Crippen LogP contribution in [0.4, 0.5) is 10.1 Å². The van der Waals surface area contributed by atoms with Crippen LogP contribution in [0.1, 0.15) is 22.3 Å². The molecule has 162 valence electrons. The highest BCUT2D eigenvalue weighted by atomic mass is 32.2.